The molecule has 0 aliphatic carbocycles. The Bertz CT molecular complexity index is 616. The first kappa shape index (κ1) is 16.6. The molecule has 1 saturated heterocycles. The van der Waals surface area contributed by atoms with Crippen LogP contribution in [0.1, 0.15) is 18.9 Å². The largest absolute Gasteiger partial charge is 0.349 e. The highest BCUT2D eigenvalue weighted by Crippen LogP contribution is 2.23. The zero-order valence-electron chi connectivity index (χ0n) is 11.8. The van der Waals surface area contributed by atoms with E-state index >= 15 is 0 Å². The molecule has 0 unspecified atom stereocenters. The summed E-state index contributed by atoms with van der Waals surface area (Å²) in [6, 6.07) is 7.50. The van der Waals surface area contributed by atoms with Gasteiger partial charge in [-0.3, -0.25) is 4.79 Å². The van der Waals surface area contributed by atoms with E-state index in [1.54, 1.807) is 6.92 Å². The SMILES string of the molecule is C[C@@]1(NC(=O)CSCc2ccc(Cl)cc2)CCS(=O)(=O)C1. The molecule has 4 nitrogen and oxygen atoms in total. The maximum atomic E-state index is 11.9. The number of benzene rings is 1. The number of amides is 1. The quantitative estimate of drug-likeness (QED) is 0.887. The number of sulfone groups is 1. The van der Waals surface area contributed by atoms with Gasteiger partial charge in [0.15, 0.2) is 9.84 Å². The zero-order valence-corrected chi connectivity index (χ0v) is 14.2. The lowest BCUT2D eigenvalue weighted by Gasteiger charge is -2.23. The number of thioether (sulfide) groups is 1. The fourth-order valence-corrected chi connectivity index (χ4v) is 5.33. The smallest absolute Gasteiger partial charge is 0.230 e. The number of hydrogen-bond donors (Lipinski definition) is 1. The average Bonchev–Trinajstić information content (AvgIpc) is 2.65. The van der Waals surface area contributed by atoms with E-state index in [9.17, 15) is 13.2 Å². The molecule has 0 saturated carbocycles. The minimum Gasteiger partial charge on any atom is -0.349 e. The van der Waals surface area contributed by atoms with E-state index in [1.165, 1.54) is 11.8 Å². The molecule has 1 atom stereocenters. The molecule has 0 spiro atoms. The van der Waals surface area contributed by atoms with Crippen molar-refractivity contribution in [3.05, 3.63) is 34.9 Å². The molecule has 7 heteroatoms. The van der Waals surface area contributed by atoms with Gasteiger partial charge in [0, 0.05) is 10.8 Å². The molecule has 1 aliphatic heterocycles. The summed E-state index contributed by atoms with van der Waals surface area (Å²) in [6.07, 6.45) is 0.489. The molecule has 1 aromatic carbocycles. The van der Waals surface area contributed by atoms with Crippen molar-refractivity contribution in [1.29, 1.82) is 0 Å². The molecule has 2 rings (SSSR count). The molecular weight excluding hydrogens is 330 g/mol. The van der Waals surface area contributed by atoms with Crippen LogP contribution in [0.4, 0.5) is 0 Å². The van der Waals surface area contributed by atoms with Crippen LogP contribution in [-0.2, 0) is 20.4 Å². The van der Waals surface area contributed by atoms with Crippen molar-refractivity contribution in [2.24, 2.45) is 0 Å². The monoisotopic (exact) mass is 347 g/mol. The summed E-state index contributed by atoms with van der Waals surface area (Å²) < 4.78 is 23.0. The fraction of sp³-hybridized carbons (Fsp3) is 0.500. The minimum atomic E-state index is -3.00. The number of nitrogens with one attached hydrogen (secondary N) is 1. The zero-order chi connectivity index (χ0) is 15.5. The highest BCUT2D eigenvalue weighted by atomic mass is 35.5. The van der Waals surface area contributed by atoms with Crippen LogP contribution in [0.15, 0.2) is 24.3 Å². The van der Waals surface area contributed by atoms with Gasteiger partial charge in [-0.2, -0.15) is 0 Å². The van der Waals surface area contributed by atoms with Crippen molar-refractivity contribution in [1.82, 2.24) is 5.32 Å². The summed E-state index contributed by atoms with van der Waals surface area (Å²) in [6.45, 7) is 1.79. The second-order valence-corrected chi connectivity index (χ2v) is 9.18. The second kappa shape index (κ2) is 6.58. The molecule has 1 amide bonds. The Kier molecular flexibility index (Phi) is 5.22. The summed E-state index contributed by atoms with van der Waals surface area (Å²) in [5, 5.41) is 3.54. The minimum absolute atomic E-state index is 0.0353. The first-order valence-corrected chi connectivity index (χ1v) is 9.97. The van der Waals surface area contributed by atoms with Crippen LogP contribution >= 0.6 is 23.4 Å². The van der Waals surface area contributed by atoms with Gasteiger partial charge in [0.2, 0.25) is 5.91 Å². The second-order valence-electron chi connectivity index (χ2n) is 5.57. The first-order chi connectivity index (χ1) is 9.78. The maximum absolute atomic E-state index is 11.9. The van der Waals surface area contributed by atoms with Gasteiger partial charge in [-0.15, -0.1) is 11.8 Å². The van der Waals surface area contributed by atoms with Gasteiger partial charge >= 0.3 is 0 Å². The fourth-order valence-electron chi connectivity index (χ4n) is 2.32. The average molecular weight is 348 g/mol. The molecule has 1 N–H and O–H groups in total. The molecule has 1 aliphatic rings. The Labute approximate surface area is 134 Å². The number of halogens is 1. The van der Waals surface area contributed by atoms with Gasteiger partial charge in [0.05, 0.1) is 22.8 Å². The van der Waals surface area contributed by atoms with Crippen LogP contribution in [0, 0.1) is 0 Å². The topological polar surface area (TPSA) is 63.2 Å². The maximum Gasteiger partial charge on any atom is 0.230 e. The summed E-state index contributed by atoms with van der Waals surface area (Å²) in [4.78, 5) is 11.9. The van der Waals surface area contributed by atoms with Crippen LogP contribution in [0.2, 0.25) is 5.02 Å². The van der Waals surface area contributed by atoms with E-state index in [0.29, 0.717) is 17.2 Å². The molecule has 1 aromatic rings. The number of carbonyl (C=O) groups is 1. The summed E-state index contributed by atoms with van der Waals surface area (Å²) in [5.74, 6) is 1.11. The Hall–Kier alpha value is -0.720. The van der Waals surface area contributed by atoms with E-state index in [4.69, 9.17) is 11.6 Å². The van der Waals surface area contributed by atoms with Crippen LogP contribution in [0.3, 0.4) is 0 Å². The molecule has 0 radical (unpaired) electrons. The first-order valence-electron chi connectivity index (χ1n) is 6.62. The van der Waals surface area contributed by atoms with E-state index in [1.807, 2.05) is 24.3 Å². The van der Waals surface area contributed by atoms with Crippen molar-refractivity contribution in [2.45, 2.75) is 24.6 Å². The third-order valence-electron chi connectivity index (χ3n) is 3.36. The molecule has 1 fully saturated rings. The lowest BCUT2D eigenvalue weighted by atomic mass is 10.0. The van der Waals surface area contributed by atoms with Crippen LogP contribution in [-0.4, -0.2) is 37.1 Å². The van der Waals surface area contributed by atoms with Crippen molar-refractivity contribution in [3.63, 3.8) is 0 Å². The van der Waals surface area contributed by atoms with Crippen molar-refractivity contribution >= 4 is 39.1 Å². The normalized spacial score (nSPS) is 23.9. The highest BCUT2D eigenvalue weighted by molar-refractivity contribution is 7.99. The van der Waals surface area contributed by atoms with E-state index in [-0.39, 0.29) is 17.4 Å². The Balaban J connectivity index is 1.76. The molecular formula is C14H18ClNO3S2. The lowest BCUT2D eigenvalue weighted by Crippen LogP contribution is -2.47. The van der Waals surface area contributed by atoms with Gasteiger partial charge in [-0.05, 0) is 31.0 Å². The van der Waals surface area contributed by atoms with Gasteiger partial charge < -0.3 is 5.32 Å². The number of carbonyl (C=O) groups excluding carboxylic acids is 1. The van der Waals surface area contributed by atoms with Crippen molar-refractivity contribution in [3.8, 4) is 0 Å². The standard InChI is InChI=1S/C14H18ClNO3S2/c1-14(6-7-21(18,19)10-14)16-13(17)9-20-8-11-2-4-12(15)5-3-11/h2-5H,6-10H2,1H3,(H,16,17)/t14-/m1/s1. The predicted octanol–water partition coefficient (Wildman–Crippen LogP) is 2.27. The third-order valence-corrected chi connectivity index (χ3v) is 6.52. The van der Waals surface area contributed by atoms with Crippen molar-refractivity contribution < 1.29 is 13.2 Å². The van der Waals surface area contributed by atoms with Gasteiger partial charge in [-0.25, -0.2) is 8.42 Å². The number of hydrogen-bond acceptors (Lipinski definition) is 4. The van der Waals surface area contributed by atoms with Gasteiger partial charge in [0.25, 0.3) is 0 Å². The van der Waals surface area contributed by atoms with Gasteiger partial charge in [0.1, 0.15) is 0 Å². The lowest BCUT2D eigenvalue weighted by molar-refractivity contribution is -0.120. The van der Waals surface area contributed by atoms with E-state index in [2.05, 4.69) is 5.32 Å². The summed E-state index contributed by atoms with van der Waals surface area (Å²) >= 11 is 7.31. The van der Waals surface area contributed by atoms with Crippen LogP contribution in [0.25, 0.3) is 0 Å². The van der Waals surface area contributed by atoms with Crippen LogP contribution in [0.5, 0.6) is 0 Å². The molecule has 0 aromatic heterocycles. The third kappa shape index (κ3) is 5.20. The summed E-state index contributed by atoms with van der Waals surface area (Å²) in [7, 11) is -3.00. The Morgan fingerprint density at radius 1 is 1.38 bits per heavy atom. The Morgan fingerprint density at radius 3 is 2.62 bits per heavy atom. The Morgan fingerprint density at radius 2 is 2.05 bits per heavy atom. The predicted molar refractivity (Wildman–Crippen MR) is 87.4 cm³/mol. The molecule has 116 valence electrons. The molecule has 1 heterocycles. The number of rotatable bonds is 5. The van der Waals surface area contributed by atoms with Crippen molar-refractivity contribution in [2.75, 3.05) is 17.3 Å². The van der Waals surface area contributed by atoms with E-state index < -0.39 is 15.4 Å². The van der Waals surface area contributed by atoms with Gasteiger partial charge in [-0.1, -0.05) is 23.7 Å². The van der Waals surface area contributed by atoms with Crippen LogP contribution < -0.4 is 5.32 Å². The van der Waals surface area contributed by atoms with E-state index in [0.717, 1.165) is 11.3 Å². The summed E-state index contributed by atoms with van der Waals surface area (Å²) in [5.41, 5.74) is 0.489. The molecule has 0 bridgehead atoms. The highest BCUT2D eigenvalue weighted by Gasteiger charge is 2.39. The molecule has 21 heavy (non-hydrogen) atoms.